The van der Waals surface area contributed by atoms with Gasteiger partial charge in [0.05, 0.1) is 11.0 Å². The van der Waals surface area contributed by atoms with Gasteiger partial charge in [-0.15, -0.1) is 0 Å². The third-order valence-corrected chi connectivity index (χ3v) is 4.34. The van der Waals surface area contributed by atoms with Crippen molar-refractivity contribution in [2.45, 2.75) is 20.3 Å². The molecule has 1 heterocycles. The number of hydrogen-bond acceptors (Lipinski definition) is 3. The van der Waals surface area contributed by atoms with Crippen molar-refractivity contribution in [2.75, 3.05) is 17.2 Å². The Hall–Kier alpha value is -1.36. The summed E-state index contributed by atoms with van der Waals surface area (Å²) in [5.41, 5.74) is 8.29. The number of nitrogens with two attached hydrogens (primary N) is 1. The van der Waals surface area contributed by atoms with Crippen molar-refractivity contribution in [1.82, 2.24) is 9.97 Å². The smallest absolute Gasteiger partial charge is 0.108 e. The number of nitrogens with one attached hydrogen (secondary N) is 1. The van der Waals surface area contributed by atoms with Crippen LogP contribution in [0.2, 0.25) is 0 Å². The number of H-pyrrole nitrogens is 1. The normalized spacial score (nSPS) is 13.3. The molecule has 3 N–H and O–H groups in total. The third kappa shape index (κ3) is 3.32. The van der Waals surface area contributed by atoms with E-state index in [1.165, 1.54) is 0 Å². The monoisotopic (exact) mass is 265 g/mol. The van der Waals surface area contributed by atoms with Crippen LogP contribution in [0.1, 0.15) is 19.7 Å². The van der Waals surface area contributed by atoms with Crippen molar-refractivity contribution in [3.63, 3.8) is 0 Å². The lowest BCUT2D eigenvalue weighted by atomic mass is 10.3. The highest BCUT2D eigenvalue weighted by molar-refractivity contribution is 7.84. The molecule has 0 spiro atoms. The lowest BCUT2D eigenvalue weighted by molar-refractivity contribution is 0.663. The van der Waals surface area contributed by atoms with Crippen LogP contribution in [0.5, 0.6) is 0 Å². The lowest BCUT2D eigenvalue weighted by Gasteiger charge is -2.03. The first-order valence-corrected chi connectivity index (χ1v) is 7.62. The van der Waals surface area contributed by atoms with Crippen molar-refractivity contribution in [2.24, 2.45) is 5.92 Å². The minimum absolute atomic E-state index is 0.473. The van der Waals surface area contributed by atoms with E-state index in [9.17, 15) is 4.21 Å². The number of benzene rings is 1. The molecule has 1 aromatic heterocycles. The quantitative estimate of drug-likeness (QED) is 0.813. The summed E-state index contributed by atoms with van der Waals surface area (Å²) >= 11 is 0. The fourth-order valence-electron chi connectivity index (χ4n) is 1.86. The van der Waals surface area contributed by atoms with Crippen molar-refractivity contribution in [1.29, 1.82) is 0 Å². The molecule has 0 amide bonds. The minimum atomic E-state index is -0.761. The van der Waals surface area contributed by atoms with E-state index in [0.29, 0.717) is 18.1 Å². The largest absolute Gasteiger partial charge is 0.399 e. The first-order valence-electron chi connectivity index (χ1n) is 6.13. The molecule has 4 nitrogen and oxygen atoms in total. The van der Waals surface area contributed by atoms with E-state index in [1.807, 2.05) is 18.2 Å². The predicted octanol–water partition coefficient (Wildman–Crippen LogP) is 2.09. The van der Waals surface area contributed by atoms with E-state index in [4.69, 9.17) is 5.73 Å². The zero-order valence-corrected chi connectivity index (χ0v) is 11.6. The van der Waals surface area contributed by atoms with Gasteiger partial charge in [0.1, 0.15) is 5.82 Å². The second-order valence-corrected chi connectivity index (χ2v) is 6.54. The Bertz CT molecular complexity index is 562. The summed E-state index contributed by atoms with van der Waals surface area (Å²) < 4.78 is 11.7. The molecule has 0 saturated carbocycles. The van der Waals surface area contributed by atoms with Gasteiger partial charge in [0.2, 0.25) is 0 Å². The first-order chi connectivity index (χ1) is 8.54. The van der Waals surface area contributed by atoms with Crippen LogP contribution in [-0.2, 0) is 17.2 Å². The summed E-state index contributed by atoms with van der Waals surface area (Å²) in [5, 5.41) is 0. The Morgan fingerprint density at radius 3 is 2.94 bits per heavy atom. The van der Waals surface area contributed by atoms with Gasteiger partial charge >= 0.3 is 0 Å². The molecule has 0 bridgehead atoms. The van der Waals surface area contributed by atoms with Crippen LogP contribution in [0, 0.1) is 5.92 Å². The summed E-state index contributed by atoms with van der Waals surface area (Å²) in [6, 6.07) is 5.61. The zero-order valence-electron chi connectivity index (χ0n) is 10.8. The average Bonchev–Trinajstić information content (AvgIpc) is 2.67. The van der Waals surface area contributed by atoms with E-state index in [2.05, 4.69) is 23.8 Å². The molecule has 0 radical (unpaired) electrons. The zero-order chi connectivity index (χ0) is 13.1. The summed E-state index contributed by atoms with van der Waals surface area (Å²) in [5.74, 6) is 2.77. The number of fused-ring (bicyclic) bond motifs is 1. The highest BCUT2D eigenvalue weighted by Gasteiger charge is 2.07. The van der Waals surface area contributed by atoms with Crippen LogP contribution in [0.25, 0.3) is 11.0 Å². The topological polar surface area (TPSA) is 71.8 Å². The van der Waals surface area contributed by atoms with Gasteiger partial charge < -0.3 is 10.7 Å². The van der Waals surface area contributed by atoms with Gasteiger partial charge in [-0.1, -0.05) is 13.8 Å². The van der Waals surface area contributed by atoms with Gasteiger partial charge in [0, 0.05) is 34.4 Å². The Balaban J connectivity index is 2.02. The Morgan fingerprint density at radius 1 is 1.44 bits per heavy atom. The van der Waals surface area contributed by atoms with Crippen LogP contribution >= 0.6 is 0 Å². The summed E-state index contributed by atoms with van der Waals surface area (Å²) in [7, 11) is -0.761. The Labute approximate surface area is 109 Å². The first kappa shape index (κ1) is 13.1. The van der Waals surface area contributed by atoms with E-state index in [0.717, 1.165) is 28.3 Å². The van der Waals surface area contributed by atoms with E-state index >= 15 is 0 Å². The highest BCUT2D eigenvalue weighted by atomic mass is 32.2. The summed E-state index contributed by atoms with van der Waals surface area (Å²) in [6.45, 7) is 4.17. The van der Waals surface area contributed by atoms with Crippen LogP contribution < -0.4 is 5.73 Å². The van der Waals surface area contributed by atoms with Gasteiger partial charge in [-0.2, -0.15) is 0 Å². The van der Waals surface area contributed by atoms with E-state index in [1.54, 1.807) is 0 Å². The standard InChI is InChI=1S/C13H19N3OS/c1-9(2)8-18(17)6-5-13-15-11-4-3-10(14)7-12(11)16-13/h3-4,7,9H,5-6,8,14H2,1-2H3,(H,15,16). The maximum atomic E-state index is 11.7. The molecule has 1 aromatic carbocycles. The molecule has 0 aliphatic rings. The minimum Gasteiger partial charge on any atom is -0.399 e. The molecule has 0 aliphatic heterocycles. The number of aryl methyl sites for hydroxylation is 1. The van der Waals surface area contributed by atoms with Crippen molar-refractivity contribution in [3.05, 3.63) is 24.0 Å². The number of rotatable bonds is 5. The number of anilines is 1. The third-order valence-electron chi connectivity index (χ3n) is 2.64. The molecule has 0 saturated heterocycles. The van der Waals surface area contributed by atoms with Crippen LogP contribution in [0.4, 0.5) is 5.69 Å². The van der Waals surface area contributed by atoms with E-state index < -0.39 is 10.8 Å². The molecule has 18 heavy (non-hydrogen) atoms. The number of nitrogens with zero attached hydrogens (tertiary/aromatic N) is 1. The molecule has 1 atom stereocenters. The lowest BCUT2D eigenvalue weighted by Crippen LogP contribution is -2.10. The molecular formula is C13H19N3OS. The number of imidazole rings is 1. The van der Waals surface area contributed by atoms with Crippen LogP contribution in [0.15, 0.2) is 18.2 Å². The average molecular weight is 265 g/mol. The molecule has 5 heteroatoms. The highest BCUT2D eigenvalue weighted by Crippen LogP contribution is 2.15. The molecule has 2 rings (SSSR count). The van der Waals surface area contributed by atoms with Gasteiger partial charge in [-0.05, 0) is 24.1 Å². The van der Waals surface area contributed by atoms with Gasteiger partial charge in [0.15, 0.2) is 0 Å². The van der Waals surface area contributed by atoms with E-state index in [-0.39, 0.29) is 0 Å². The molecule has 0 aliphatic carbocycles. The second-order valence-electron chi connectivity index (χ2n) is 4.91. The SMILES string of the molecule is CC(C)CS(=O)CCc1nc2ccc(N)cc2[nH]1. The van der Waals surface area contributed by atoms with Crippen LogP contribution in [0.3, 0.4) is 0 Å². The number of hydrogen-bond donors (Lipinski definition) is 2. The van der Waals surface area contributed by atoms with Crippen LogP contribution in [-0.4, -0.2) is 25.7 Å². The molecule has 1 unspecified atom stereocenters. The molecular weight excluding hydrogens is 246 g/mol. The van der Waals surface area contributed by atoms with Crippen molar-refractivity contribution in [3.8, 4) is 0 Å². The molecule has 98 valence electrons. The fourth-order valence-corrected chi connectivity index (χ4v) is 3.20. The number of aromatic amines is 1. The van der Waals surface area contributed by atoms with Gasteiger partial charge in [0.25, 0.3) is 0 Å². The Morgan fingerprint density at radius 2 is 2.22 bits per heavy atom. The number of aromatic nitrogens is 2. The number of nitrogen functional groups attached to an aromatic ring is 1. The molecule has 2 aromatic rings. The maximum absolute atomic E-state index is 11.7. The summed E-state index contributed by atoms with van der Waals surface area (Å²) in [4.78, 5) is 7.68. The van der Waals surface area contributed by atoms with Crippen molar-refractivity contribution < 1.29 is 4.21 Å². The van der Waals surface area contributed by atoms with Gasteiger partial charge in [-0.3, -0.25) is 4.21 Å². The second kappa shape index (κ2) is 5.52. The summed E-state index contributed by atoms with van der Waals surface area (Å²) in [6.07, 6.45) is 0.716. The molecule has 0 fully saturated rings. The van der Waals surface area contributed by atoms with Gasteiger partial charge in [-0.25, -0.2) is 4.98 Å². The predicted molar refractivity (Wildman–Crippen MR) is 76.9 cm³/mol. The maximum Gasteiger partial charge on any atom is 0.108 e. The van der Waals surface area contributed by atoms with Crippen molar-refractivity contribution >= 4 is 27.5 Å². The Kier molecular flexibility index (Phi) is 4.01. The fraction of sp³-hybridized carbons (Fsp3) is 0.462.